The Morgan fingerprint density at radius 2 is 2.15 bits per heavy atom. The lowest BCUT2D eigenvalue weighted by atomic mass is 9.95. The van der Waals surface area contributed by atoms with E-state index in [1.807, 2.05) is 0 Å². The summed E-state index contributed by atoms with van der Waals surface area (Å²) in [4.78, 5) is 9.80. The summed E-state index contributed by atoms with van der Waals surface area (Å²) < 4.78 is 32.5. The fraction of sp³-hybridized carbons (Fsp3) is 0.538. The van der Waals surface area contributed by atoms with Gasteiger partial charge in [0.25, 0.3) is 0 Å². The summed E-state index contributed by atoms with van der Waals surface area (Å²) in [7, 11) is 0. The molecule has 2 aliphatic heterocycles. The van der Waals surface area contributed by atoms with Crippen molar-refractivity contribution in [2.24, 2.45) is 0 Å². The van der Waals surface area contributed by atoms with E-state index in [0.717, 1.165) is 25.3 Å². The maximum Gasteiger partial charge on any atom is 0.305 e. The van der Waals surface area contributed by atoms with Crippen molar-refractivity contribution < 1.29 is 18.4 Å². The second-order valence-electron chi connectivity index (χ2n) is 5.25. The van der Waals surface area contributed by atoms with Gasteiger partial charge in [0.05, 0.1) is 17.1 Å². The average Bonchev–Trinajstić information content (AvgIpc) is 2.99. The van der Waals surface area contributed by atoms with Crippen molar-refractivity contribution in [1.29, 1.82) is 0 Å². The highest BCUT2D eigenvalue weighted by Crippen LogP contribution is 2.34. The number of nitro benzene ring substituents is 1. The second-order valence-corrected chi connectivity index (χ2v) is 5.25. The molecule has 0 radical (unpaired) electrons. The number of rotatable bonds is 4. The monoisotopic (exact) mass is 284 g/mol. The van der Waals surface area contributed by atoms with Crippen molar-refractivity contribution in [2.45, 2.75) is 44.1 Å². The minimum atomic E-state index is -1.15. The van der Waals surface area contributed by atoms with Gasteiger partial charge in [-0.25, -0.2) is 4.39 Å². The van der Waals surface area contributed by atoms with Gasteiger partial charge in [-0.05, 0) is 19.3 Å². The summed E-state index contributed by atoms with van der Waals surface area (Å²) in [5.74, 6) is -1.93. The number of fused-ring (bicyclic) bond motifs is 2. The van der Waals surface area contributed by atoms with Crippen molar-refractivity contribution in [3.63, 3.8) is 0 Å². The molecule has 2 saturated heterocycles. The minimum Gasteiger partial charge on any atom is -0.373 e. The second kappa shape index (κ2) is 5.06. The first-order chi connectivity index (χ1) is 9.54. The van der Waals surface area contributed by atoms with Crippen LogP contribution in [0.15, 0.2) is 12.1 Å². The number of ether oxygens (including phenoxy) is 1. The molecule has 0 spiro atoms. The number of nitro groups is 1. The molecule has 3 atom stereocenters. The number of nitrogens with zero attached hydrogens (tertiary/aromatic N) is 1. The van der Waals surface area contributed by atoms with Gasteiger partial charge in [0.1, 0.15) is 5.82 Å². The number of hydrogen-bond acceptors (Lipinski definition) is 4. The summed E-state index contributed by atoms with van der Waals surface area (Å²) in [6.45, 7) is 0.129. The molecular formula is C13H14F2N2O3. The van der Waals surface area contributed by atoms with E-state index < -0.39 is 22.2 Å². The van der Waals surface area contributed by atoms with Gasteiger partial charge in [-0.15, -0.1) is 0 Å². The fourth-order valence-electron chi connectivity index (χ4n) is 2.95. The molecule has 5 nitrogen and oxygen atoms in total. The molecule has 1 aromatic rings. The highest BCUT2D eigenvalue weighted by Gasteiger charge is 2.40. The molecule has 2 fully saturated rings. The molecule has 2 bridgehead atoms. The standard InChI is InChI=1S/C13H14F2N2O3/c14-9-5-10(15)12(17(18)19)3-7(9)6-16-11-4-8-1-2-13(11)20-8/h3,5,8,11,13,16H,1-2,4,6H2. The summed E-state index contributed by atoms with van der Waals surface area (Å²) in [6, 6.07) is 1.65. The van der Waals surface area contributed by atoms with Crippen LogP contribution >= 0.6 is 0 Å². The lowest BCUT2D eigenvalue weighted by Gasteiger charge is -2.20. The van der Waals surface area contributed by atoms with Crippen molar-refractivity contribution in [1.82, 2.24) is 5.32 Å². The predicted molar refractivity (Wildman–Crippen MR) is 66.2 cm³/mol. The first-order valence-corrected chi connectivity index (χ1v) is 6.55. The van der Waals surface area contributed by atoms with E-state index in [9.17, 15) is 18.9 Å². The smallest absolute Gasteiger partial charge is 0.305 e. The van der Waals surface area contributed by atoms with Gasteiger partial charge in [-0.3, -0.25) is 10.1 Å². The Hall–Kier alpha value is -1.60. The van der Waals surface area contributed by atoms with Gasteiger partial charge in [0.2, 0.25) is 5.82 Å². The van der Waals surface area contributed by atoms with Gasteiger partial charge < -0.3 is 10.1 Å². The first-order valence-electron chi connectivity index (χ1n) is 6.55. The van der Waals surface area contributed by atoms with Gasteiger partial charge >= 0.3 is 5.69 Å². The summed E-state index contributed by atoms with van der Waals surface area (Å²) in [5.41, 5.74) is -0.603. The third-order valence-electron chi connectivity index (χ3n) is 3.97. The molecule has 0 saturated carbocycles. The van der Waals surface area contributed by atoms with E-state index >= 15 is 0 Å². The lowest BCUT2D eigenvalue weighted by molar-refractivity contribution is -0.387. The number of hydrogen-bond donors (Lipinski definition) is 1. The van der Waals surface area contributed by atoms with Crippen molar-refractivity contribution in [2.75, 3.05) is 0 Å². The predicted octanol–water partition coefficient (Wildman–Crippen LogP) is 2.28. The maximum atomic E-state index is 13.6. The zero-order valence-electron chi connectivity index (χ0n) is 10.6. The van der Waals surface area contributed by atoms with E-state index in [2.05, 4.69) is 5.32 Å². The molecule has 2 heterocycles. The molecule has 3 rings (SSSR count). The van der Waals surface area contributed by atoms with Crippen LogP contribution in [0.5, 0.6) is 0 Å². The Morgan fingerprint density at radius 1 is 1.35 bits per heavy atom. The van der Waals surface area contributed by atoms with Crippen LogP contribution in [0.4, 0.5) is 14.5 Å². The van der Waals surface area contributed by atoms with Gasteiger partial charge in [0, 0.05) is 30.3 Å². The van der Waals surface area contributed by atoms with E-state index in [1.54, 1.807) is 0 Å². The third kappa shape index (κ3) is 2.38. The quantitative estimate of drug-likeness (QED) is 0.680. The number of nitrogens with one attached hydrogen (secondary N) is 1. The van der Waals surface area contributed by atoms with Crippen molar-refractivity contribution in [3.05, 3.63) is 39.4 Å². The topological polar surface area (TPSA) is 64.4 Å². The minimum absolute atomic E-state index is 0.0980. The molecule has 0 aromatic heterocycles. The summed E-state index contributed by atoms with van der Waals surface area (Å²) in [5, 5.41) is 13.8. The summed E-state index contributed by atoms with van der Waals surface area (Å²) in [6.07, 6.45) is 3.31. The van der Waals surface area contributed by atoms with Crippen LogP contribution in [0.3, 0.4) is 0 Å². The number of benzene rings is 1. The first kappa shape index (κ1) is 13.4. The van der Waals surface area contributed by atoms with Crippen LogP contribution in [0.2, 0.25) is 0 Å². The molecule has 20 heavy (non-hydrogen) atoms. The molecular weight excluding hydrogens is 270 g/mol. The molecule has 1 N–H and O–H groups in total. The van der Waals surface area contributed by atoms with Crippen molar-refractivity contribution in [3.8, 4) is 0 Å². The van der Waals surface area contributed by atoms with Gasteiger partial charge in [0.15, 0.2) is 0 Å². The molecule has 108 valence electrons. The molecule has 7 heteroatoms. The maximum absolute atomic E-state index is 13.6. The van der Waals surface area contributed by atoms with Crippen molar-refractivity contribution >= 4 is 5.69 Å². The Morgan fingerprint density at radius 3 is 2.75 bits per heavy atom. The SMILES string of the molecule is O=[N+]([O-])c1cc(CNC2CC3CCC2O3)c(F)cc1F. The van der Waals surface area contributed by atoms with Crippen LogP contribution in [0, 0.1) is 21.7 Å². The zero-order chi connectivity index (χ0) is 14.3. The van der Waals surface area contributed by atoms with Crippen LogP contribution < -0.4 is 5.32 Å². The highest BCUT2D eigenvalue weighted by atomic mass is 19.1. The Labute approximate surface area is 114 Å². The molecule has 0 aliphatic carbocycles. The Balaban J connectivity index is 1.71. The third-order valence-corrected chi connectivity index (χ3v) is 3.97. The van der Waals surface area contributed by atoms with Gasteiger partial charge in [-0.1, -0.05) is 0 Å². The van der Waals surface area contributed by atoms with E-state index in [4.69, 9.17) is 4.74 Å². The van der Waals surface area contributed by atoms with Crippen LogP contribution in [0.25, 0.3) is 0 Å². The number of halogens is 2. The Bertz CT molecular complexity index is 553. The van der Waals surface area contributed by atoms with E-state index in [1.165, 1.54) is 0 Å². The lowest BCUT2D eigenvalue weighted by Crippen LogP contribution is -2.37. The molecule has 3 unspecified atom stereocenters. The zero-order valence-corrected chi connectivity index (χ0v) is 10.6. The molecule has 1 aromatic carbocycles. The highest BCUT2D eigenvalue weighted by molar-refractivity contribution is 5.37. The van der Waals surface area contributed by atoms with E-state index in [-0.39, 0.29) is 30.4 Å². The largest absolute Gasteiger partial charge is 0.373 e. The van der Waals surface area contributed by atoms with Crippen LogP contribution in [0.1, 0.15) is 24.8 Å². The van der Waals surface area contributed by atoms with Gasteiger partial charge in [-0.2, -0.15) is 4.39 Å². The normalized spacial score (nSPS) is 28.0. The molecule has 0 amide bonds. The average molecular weight is 284 g/mol. The van der Waals surface area contributed by atoms with Crippen LogP contribution in [-0.4, -0.2) is 23.2 Å². The summed E-state index contributed by atoms with van der Waals surface area (Å²) >= 11 is 0. The van der Waals surface area contributed by atoms with Crippen LogP contribution in [-0.2, 0) is 11.3 Å². The Kier molecular flexibility index (Phi) is 3.39. The van der Waals surface area contributed by atoms with E-state index in [0.29, 0.717) is 6.07 Å². The fourth-order valence-corrected chi connectivity index (χ4v) is 2.95. The molecule has 2 aliphatic rings.